The molecule has 2 fully saturated rings. The Hall–Kier alpha value is -1.35. The van der Waals surface area contributed by atoms with Crippen molar-refractivity contribution in [3.63, 3.8) is 0 Å². The molecule has 3 atom stereocenters. The maximum absolute atomic E-state index is 11.8. The molecule has 15 heavy (non-hydrogen) atoms. The molecule has 1 aliphatic heterocycles. The van der Waals surface area contributed by atoms with Gasteiger partial charge in [-0.15, -0.1) is 0 Å². The van der Waals surface area contributed by atoms with Crippen LogP contribution in [0.25, 0.3) is 0 Å². The smallest absolute Gasteiger partial charge is 0.230 e. The Labute approximate surface area is 88.4 Å². The largest absolute Gasteiger partial charge is 0.377 e. The van der Waals surface area contributed by atoms with E-state index in [4.69, 9.17) is 4.74 Å². The highest BCUT2D eigenvalue weighted by Gasteiger charge is 2.58. The number of ether oxygens (including phenoxy) is 1. The van der Waals surface area contributed by atoms with Gasteiger partial charge in [0.05, 0.1) is 12.0 Å². The fraction of sp³-hybridized carbons (Fsp3) is 0.417. The molecule has 1 aromatic rings. The first kappa shape index (κ1) is 8.92. The van der Waals surface area contributed by atoms with Crippen LogP contribution in [0, 0.1) is 11.8 Å². The standard InChI is InChI=1S/C12H13NO2/c14-12(10-9-6-7-15-11(9)10)13-8-4-2-1-3-5-8/h1-5,9-11H,6-7H2,(H,13,14)/t9-,10-,11-/m1/s1. The zero-order valence-corrected chi connectivity index (χ0v) is 8.35. The Morgan fingerprint density at radius 3 is 2.80 bits per heavy atom. The number of amides is 1. The van der Waals surface area contributed by atoms with Crippen molar-refractivity contribution in [1.29, 1.82) is 0 Å². The molecule has 1 aromatic carbocycles. The van der Waals surface area contributed by atoms with Crippen molar-refractivity contribution in [1.82, 2.24) is 0 Å². The van der Waals surface area contributed by atoms with Gasteiger partial charge in [0.1, 0.15) is 0 Å². The molecule has 1 N–H and O–H groups in total. The highest BCUT2D eigenvalue weighted by atomic mass is 16.5. The number of nitrogens with one attached hydrogen (secondary N) is 1. The van der Waals surface area contributed by atoms with Gasteiger partial charge in [0.25, 0.3) is 0 Å². The van der Waals surface area contributed by atoms with Gasteiger partial charge in [-0.2, -0.15) is 0 Å². The van der Waals surface area contributed by atoms with Crippen LogP contribution in [0.4, 0.5) is 5.69 Å². The molecule has 1 saturated heterocycles. The molecule has 1 aliphatic carbocycles. The molecular formula is C12H13NO2. The molecule has 2 aliphatic rings. The monoisotopic (exact) mass is 203 g/mol. The number of carbonyl (C=O) groups excluding carboxylic acids is 1. The van der Waals surface area contributed by atoms with Crippen molar-refractivity contribution < 1.29 is 9.53 Å². The number of para-hydroxylation sites is 1. The van der Waals surface area contributed by atoms with Gasteiger partial charge >= 0.3 is 0 Å². The van der Waals surface area contributed by atoms with E-state index in [1.54, 1.807) is 0 Å². The molecule has 0 spiro atoms. The number of rotatable bonds is 2. The lowest BCUT2D eigenvalue weighted by Gasteiger charge is -2.05. The van der Waals surface area contributed by atoms with E-state index in [9.17, 15) is 4.79 Å². The minimum absolute atomic E-state index is 0.0963. The summed E-state index contributed by atoms with van der Waals surface area (Å²) >= 11 is 0. The average Bonchev–Trinajstić information content (AvgIpc) is 2.75. The van der Waals surface area contributed by atoms with Gasteiger partial charge in [-0.1, -0.05) is 18.2 Å². The quantitative estimate of drug-likeness (QED) is 0.793. The highest BCUT2D eigenvalue weighted by molar-refractivity contribution is 5.95. The van der Waals surface area contributed by atoms with Crippen LogP contribution in [0.1, 0.15) is 6.42 Å². The van der Waals surface area contributed by atoms with Crippen LogP contribution in [0.15, 0.2) is 30.3 Å². The summed E-state index contributed by atoms with van der Waals surface area (Å²) in [5.74, 6) is 0.684. The zero-order chi connectivity index (χ0) is 10.3. The van der Waals surface area contributed by atoms with Gasteiger partial charge in [0.15, 0.2) is 0 Å². The van der Waals surface area contributed by atoms with Crippen molar-refractivity contribution in [2.24, 2.45) is 11.8 Å². The zero-order valence-electron chi connectivity index (χ0n) is 8.35. The Morgan fingerprint density at radius 2 is 2.13 bits per heavy atom. The van der Waals surface area contributed by atoms with Gasteiger partial charge in [-0.25, -0.2) is 0 Å². The number of benzene rings is 1. The summed E-state index contributed by atoms with van der Waals surface area (Å²) in [5.41, 5.74) is 0.868. The molecule has 1 heterocycles. The molecule has 0 bridgehead atoms. The summed E-state index contributed by atoms with van der Waals surface area (Å²) in [6.45, 7) is 0.824. The van der Waals surface area contributed by atoms with E-state index in [1.807, 2.05) is 30.3 Å². The first-order chi connectivity index (χ1) is 7.36. The van der Waals surface area contributed by atoms with Gasteiger partial charge in [-0.05, 0) is 18.6 Å². The van der Waals surface area contributed by atoms with E-state index in [-0.39, 0.29) is 17.9 Å². The van der Waals surface area contributed by atoms with Gasteiger partial charge < -0.3 is 10.1 Å². The number of fused-ring (bicyclic) bond motifs is 1. The second-order valence-electron chi connectivity index (χ2n) is 4.17. The Morgan fingerprint density at radius 1 is 1.33 bits per heavy atom. The Balaban J connectivity index is 1.63. The van der Waals surface area contributed by atoms with E-state index >= 15 is 0 Å². The van der Waals surface area contributed by atoms with Crippen molar-refractivity contribution >= 4 is 11.6 Å². The van der Waals surface area contributed by atoms with Crippen molar-refractivity contribution in [3.05, 3.63) is 30.3 Å². The van der Waals surface area contributed by atoms with E-state index in [2.05, 4.69) is 5.32 Å². The van der Waals surface area contributed by atoms with E-state index in [0.29, 0.717) is 5.92 Å². The minimum atomic E-state index is 0.0963. The van der Waals surface area contributed by atoms with Crippen LogP contribution in [-0.4, -0.2) is 18.6 Å². The van der Waals surface area contributed by atoms with Crippen LogP contribution < -0.4 is 5.32 Å². The first-order valence-electron chi connectivity index (χ1n) is 5.34. The molecule has 0 unspecified atom stereocenters. The van der Waals surface area contributed by atoms with Crippen molar-refractivity contribution in [2.45, 2.75) is 12.5 Å². The van der Waals surface area contributed by atoms with E-state index in [1.165, 1.54) is 0 Å². The van der Waals surface area contributed by atoms with Gasteiger partial charge in [0, 0.05) is 18.2 Å². The predicted octanol–water partition coefficient (Wildman–Crippen LogP) is 1.66. The normalized spacial score (nSPS) is 32.1. The number of carbonyl (C=O) groups is 1. The minimum Gasteiger partial charge on any atom is -0.377 e. The number of anilines is 1. The lowest BCUT2D eigenvalue weighted by atomic mass is 10.2. The van der Waals surface area contributed by atoms with Crippen LogP contribution in [0.3, 0.4) is 0 Å². The fourth-order valence-electron chi connectivity index (χ4n) is 2.34. The highest BCUT2D eigenvalue weighted by Crippen LogP contribution is 2.49. The van der Waals surface area contributed by atoms with Crippen molar-refractivity contribution in [2.75, 3.05) is 11.9 Å². The van der Waals surface area contributed by atoms with E-state index in [0.717, 1.165) is 18.7 Å². The van der Waals surface area contributed by atoms with Crippen LogP contribution in [0.5, 0.6) is 0 Å². The van der Waals surface area contributed by atoms with E-state index < -0.39 is 0 Å². The molecule has 0 radical (unpaired) electrons. The molecule has 3 nitrogen and oxygen atoms in total. The topological polar surface area (TPSA) is 38.3 Å². The molecule has 3 rings (SSSR count). The number of hydrogen-bond donors (Lipinski definition) is 1. The average molecular weight is 203 g/mol. The third-order valence-corrected chi connectivity index (χ3v) is 3.20. The third-order valence-electron chi connectivity index (χ3n) is 3.20. The van der Waals surface area contributed by atoms with Crippen LogP contribution in [0.2, 0.25) is 0 Å². The molecule has 1 amide bonds. The summed E-state index contributed by atoms with van der Waals surface area (Å²) in [4.78, 5) is 11.8. The summed E-state index contributed by atoms with van der Waals surface area (Å²) in [6.07, 6.45) is 1.24. The maximum Gasteiger partial charge on any atom is 0.230 e. The molecule has 0 aromatic heterocycles. The lowest BCUT2D eigenvalue weighted by Crippen LogP contribution is -2.18. The molecule has 3 heteroatoms. The second kappa shape index (κ2) is 3.35. The van der Waals surface area contributed by atoms with Crippen molar-refractivity contribution in [3.8, 4) is 0 Å². The summed E-state index contributed by atoms with van der Waals surface area (Å²) in [6, 6.07) is 9.57. The second-order valence-corrected chi connectivity index (χ2v) is 4.17. The SMILES string of the molecule is O=C(Nc1ccccc1)[C@@H]1[C@H]2CCO[C@H]21. The van der Waals surface area contributed by atoms with Crippen LogP contribution in [-0.2, 0) is 9.53 Å². The third kappa shape index (κ3) is 1.53. The Bertz CT molecular complexity index is 366. The lowest BCUT2D eigenvalue weighted by molar-refractivity contribution is -0.118. The van der Waals surface area contributed by atoms with Crippen LogP contribution >= 0.6 is 0 Å². The van der Waals surface area contributed by atoms with Gasteiger partial charge in [0.2, 0.25) is 5.91 Å². The molecule has 1 saturated carbocycles. The summed E-state index contributed by atoms with van der Waals surface area (Å²) in [7, 11) is 0. The summed E-state index contributed by atoms with van der Waals surface area (Å²) < 4.78 is 5.44. The van der Waals surface area contributed by atoms with Gasteiger partial charge in [-0.3, -0.25) is 4.79 Å². The molecular weight excluding hydrogens is 190 g/mol. The summed E-state index contributed by atoms with van der Waals surface area (Å²) in [5, 5.41) is 2.91. The number of hydrogen-bond acceptors (Lipinski definition) is 2. The fourth-order valence-corrected chi connectivity index (χ4v) is 2.34. The maximum atomic E-state index is 11.8. The first-order valence-corrected chi connectivity index (χ1v) is 5.34. The predicted molar refractivity (Wildman–Crippen MR) is 56.4 cm³/mol. The molecule has 78 valence electrons. The Kier molecular flexibility index (Phi) is 1.99.